The van der Waals surface area contributed by atoms with Crippen LogP contribution >= 0.6 is 46.4 Å². The Labute approximate surface area is 186 Å². The summed E-state index contributed by atoms with van der Waals surface area (Å²) >= 11 is 24.8. The lowest BCUT2D eigenvalue weighted by Crippen LogP contribution is -2.39. The van der Waals surface area contributed by atoms with Crippen molar-refractivity contribution in [1.82, 2.24) is 0 Å². The second kappa shape index (κ2) is 7.87. The molecule has 0 spiro atoms. The van der Waals surface area contributed by atoms with E-state index in [9.17, 15) is 23.2 Å². The van der Waals surface area contributed by atoms with E-state index in [0.717, 1.165) is 6.07 Å². The van der Waals surface area contributed by atoms with Crippen molar-refractivity contribution >= 4 is 56.5 Å². The van der Waals surface area contributed by atoms with Crippen molar-refractivity contribution in [2.75, 3.05) is 0 Å². The van der Waals surface area contributed by atoms with Gasteiger partial charge in [0.15, 0.2) is 16.2 Å². The lowest BCUT2D eigenvalue weighted by molar-refractivity contribution is 0.394. The lowest BCUT2D eigenvalue weighted by Gasteiger charge is -2.34. The van der Waals surface area contributed by atoms with E-state index in [4.69, 9.17) is 46.4 Å². The van der Waals surface area contributed by atoms with E-state index in [2.05, 4.69) is 0 Å². The molecule has 0 bridgehead atoms. The predicted octanol–water partition coefficient (Wildman–Crippen LogP) is 5.89. The zero-order chi connectivity index (χ0) is 21.6. The van der Waals surface area contributed by atoms with Gasteiger partial charge in [0.1, 0.15) is 0 Å². The third kappa shape index (κ3) is 3.65. The SMILES string of the molecule is O=S(=O)(O)C(c1cc(Cl)cc(Cl)c1)(c1ccccc1Cl)c1c(Cl)ccc(O)c1O. The first kappa shape index (κ1) is 22.0. The van der Waals surface area contributed by atoms with Crippen LogP contribution in [0, 0.1) is 0 Å². The Morgan fingerprint density at radius 2 is 1.38 bits per heavy atom. The van der Waals surface area contributed by atoms with E-state index in [0.29, 0.717) is 0 Å². The molecular weight excluding hydrogens is 482 g/mol. The van der Waals surface area contributed by atoms with Gasteiger partial charge in [-0.05, 0) is 42.0 Å². The van der Waals surface area contributed by atoms with Crippen molar-refractivity contribution in [3.63, 3.8) is 0 Å². The summed E-state index contributed by atoms with van der Waals surface area (Å²) in [6, 6.07) is 11.9. The van der Waals surface area contributed by atoms with Gasteiger partial charge in [-0.25, -0.2) is 0 Å². The van der Waals surface area contributed by atoms with Crippen LogP contribution in [0.1, 0.15) is 16.7 Å². The minimum atomic E-state index is -5.16. The first-order valence-corrected chi connectivity index (χ1v) is 10.8. The van der Waals surface area contributed by atoms with Gasteiger partial charge >= 0.3 is 0 Å². The summed E-state index contributed by atoms with van der Waals surface area (Å²) in [7, 11) is -5.16. The molecule has 29 heavy (non-hydrogen) atoms. The summed E-state index contributed by atoms with van der Waals surface area (Å²) in [6.45, 7) is 0. The second-order valence-electron chi connectivity index (χ2n) is 6.08. The molecule has 0 radical (unpaired) electrons. The summed E-state index contributed by atoms with van der Waals surface area (Å²) in [5.41, 5.74) is -0.785. The van der Waals surface area contributed by atoms with Crippen LogP contribution in [0.4, 0.5) is 0 Å². The molecule has 3 N–H and O–H groups in total. The first-order valence-electron chi connectivity index (χ1n) is 7.89. The number of benzene rings is 3. The van der Waals surface area contributed by atoms with Crippen molar-refractivity contribution in [1.29, 1.82) is 0 Å². The molecule has 0 saturated carbocycles. The third-order valence-electron chi connectivity index (χ3n) is 4.37. The molecule has 0 fully saturated rings. The maximum absolute atomic E-state index is 13.0. The number of halogens is 4. The highest BCUT2D eigenvalue weighted by Gasteiger charge is 2.53. The van der Waals surface area contributed by atoms with Crippen LogP contribution in [0.15, 0.2) is 54.6 Å². The number of rotatable bonds is 4. The molecular formula is C19H12Cl4O5S. The minimum Gasteiger partial charge on any atom is -0.504 e. The van der Waals surface area contributed by atoms with Crippen LogP contribution in [-0.2, 0) is 14.9 Å². The molecule has 152 valence electrons. The maximum atomic E-state index is 13.0. The van der Waals surface area contributed by atoms with Crippen molar-refractivity contribution in [3.05, 3.63) is 91.4 Å². The van der Waals surface area contributed by atoms with Gasteiger partial charge in [-0.15, -0.1) is 0 Å². The first-order chi connectivity index (χ1) is 13.5. The zero-order valence-electron chi connectivity index (χ0n) is 14.3. The molecule has 0 aliphatic carbocycles. The average Bonchev–Trinajstić information content (AvgIpc) is 2.61. The van der Waals surface area contributed by atoms with Gasteiger partial charge in [0, 0.05) is 26.2 Å². The number of phenols is 2. The number of aromatic hydroxyl groups is 2. The molecule has 1 atom stereocenters. The van der Waals surface area contributed by atoms with E-state index < -0.39 is 31.9 Å². The van der Waals surface area contributed by atoms with E-state index in [1.54, 1.807) is 6.07 Å². The quantitative estimate of drug-likeness (QED) is 0.239. The van der Waals surface area contributed by atoms with Crippen molar-refractivity contribution in [2.24, 2.45) is 0 Å². The van der Waals surface area contributed by atoms with Gasteiger partial charge in [0.05, 0.1) is 5.02 Å². The molecule has 0 aliphatic rings. The fourth-order valence-electron chi connectivity index (χ4n) is 3.25. The summed E-state index contributed by atoms with van der Waals surface area (Å²) in [4.78, 5) is 0. The fraction of sp³-hybridized carbons (Fsp3) is 0.0526. The van der Waals surface area contributed by atoms with Crippen LogP contribution in [-0.4, -0.2) is 23.2 Å². The van der Waals surface area contributed by atoms with Crippen LogP contribution in [0.3, 0.4) is 0 Å². The third-order valence-corrected chi connectivity index (χ3v) is 6.88. The molecule has 3 aromatic carbocycles. The molecule has 0 aliphatic heterocycles. The van der Waals surface area contributed by atoms with E-state index >= 15 is 0 Å². The van der Waals surface area contributed by atoms with Gasteiger partial charge < -0.3 is 10.2 Å². The topological polar surface area (TPSA) is 94.8 Å². The van der Waals surface area contributed by atoms with Crippen LogP contribution in [0.25, 0.3) is 0 Å². The zero-order valence-corrected chi connectivity index (χ0v) is 18.1. The van der Waals surface area contributed by atoms with Crippen molar-refractivity contribution in [3.8, 4) is 11.5 Å². The van der Waals surface area contributed by atoms with Crippen molar-refractivity contribution in [2.45, 2.75) is 4.75 Å². The highest BCUT2D eigenvalue weighted by Crippen LogP contribution is 2.53. The molecule has 3 aromatic rings. The van der Waals surface area contributed by atoms with Gasteiger partial charge in [0.2, 0.25) is 0 Å². The molecule has 0 aromatic heterocycles. The Kier molecular flexibility index (Phi) is 5.98. The fourth-order valence-corrected chi connectivity index (χ4v) is 5.79. The Morgan fingerprint density at radius 3 is 1.93 bits per heavy atom. The Bertz CT molecular complexity index is 1190. The molecule has 0 amide bonds. The highest BCUT2D eigenvalue weighted by molar-refractivity contribution is 7.87. The van der Waals surface area contributed by atoms with Gasteiger partial charge in [0.25, 0.3) is 10.1 Å². The number of hydrogen-bond acceptors (Lipinski definition) is 4. The Balaban J connectivity index is 2.68. The monoisotopic (exact) mass is 492 g/mol. The molecule has 10 heteroatoms. The number of hydrogen-bond donors (Lipinski definition) is 3. The Hall–Kier alpha value is -1.67. The van der Waals surface area contributed by atoms with Gasteiger partial charge in [-0.1, -0.05) is 64.6 Å². The maximum Gasteiger partial charge on any atom is 0.283 e. The summed E-state index contributed by atoms with van der Waals surface area (Å²) in [5, 5.41) is 20.5. The summed E-state index contributed by atoms with van der Waals surface area (Å²) in [6.07, 6.45) is 0. The average molecular weight is 494 g/mol. The number of phenolic OH excluding ortho intramolecular Hbond substituents is 2. The summed E-state index contributed by atoms with van der Waals surface area (Å²) < 4.78 is 34.0. The molecule has 0 heterocycles. The second-order valence-corrected chi connectivity index (χ2v) is 9.33. The normalized spacial score (nSPS) is 13.8. The Morgan fingerprint density at radius 1 is 0.793 bits per heavy atom. The van der Waals surface area contributed by atoms with E-state index in [-0.39, 0.29) is 31.2 Å². The molecule has 5 nitrogen and oxygen atoms in total. The van der Waals surface area contributed by atoms with Crippen LogP contribution in [0.2, 0.25) is 20.1 Å². The standard InChI is InChI=1S/C19H12Cl4O5S/c20-11-7-10(8-12(21)9-11)19(29(26,27)28,13-3-1-2-4-14(13)22)17-15(23)5-6-16(24)18(17)25/h1-9,24-25H,(H,26,27,28). The smallest absolute Gasteiger partial charge is 0.283 e. The van der Waals surface area contributed by atoms with Crippen molar-refractivity contribution < 1.29 is 23.2 Å². The van der Waals surface area contributed by atoms with Crippen LogP contribution in [0.5, 0.6) is 11.5 Å². The van der Waals surface area contributed by atoms with E-state index in [1.165, 1.54) is 42.5 Å². The lowest BCUT2D eigenvalue weighted by atomic mass is 9.83. The largest absolute Gasteiger partial charge is 0.504 e. The highest BCUT2D eigenvalue weighted by atomic mass is 35.5. The van der Waals surface area contributed by atoms with Gasteiger partial charge in [-0.3, -0.25) is 4.55 Å². The van der Waals surface area contributed by atoms with Gasteiger partial charge in [-0.2, -0.15) is 8.42 Å². The van der Waals surface area contributed by atoms with E-state index in [1.807, 2.05) is 0 Å². The molecule has 1 unspecified atom stereocenters. The van der Waals surface area contributed by atoms with Crippen LogP contribution < -0.4 is 0 Å². The predicted molar refractivity (Wildman–Crippen MR) is 114 cm³/mol. The molecule has 0 saturated heterocycles. The minimum absolute atomic E-state index is 0.0555. The summed E-state index contributed by atoms with van der Waals surface area (Å²) in [5.74, 6) is -1.51. The molecule has 3 rings (SSSR count).